The van der Waals surface area contributed by atoms with Gasteiger partial charge in [-0.05, 0) is 39.1 Å². The van der Waals surface area contributed by atoms with Crippen LogP contribution in [0.2, 0.25) is 0 Å². The summed E-state index contributed by atoms with van der Waals surface area (Å²) >= 11 is 0. The minimum absolute atomic E-state index is 0.0801. The smallest absolute Gasteiger partial charge is 0.106 e. The van der Waals surface area contributed by atoms with Gasteiger partial charge in [-0.1, -0.05) is 25.7 Å². The second-order valence-electron chi connectivity index (χ2n) is 5.71. The van der Waals surface area contributed by atoms with E-state index in [4.69, 9.17) is 4.42 Å². The molecule has 0 radical (unpaired) electrons. The molecule has 0 amide bonds. The average Bonchev–Trinajstić information content (AvgIpc) is 2.70. The zero-order chi connectivity index (χ0) is 13.0. The quantitative estimate of drug-likeness (QED) is 0.836. The second-order valence-corrected chi connectivity index (χ2v) is 5.71. The number of rotatable bonds is 4. The van der Waals surface area contributed by atoms with E-state index in [2.05, 4.69) is 19.0 Å². The number of nitrogens with zero attached hydrogens (tertiary/aromatic N) is 1. The molecule has 0 aliphatic heterocycles. The molecule has 1 aliphatic carbocycles. The Hall–Kier alpha value is -0.800. The summed E-state index contributed by atoms with van der Waals surface area (Å²) in [6, 6.07) is 3.83. The third-order valence-corrected chi connectivity index (χ3v) is 4.45. The Morgan fingerprint density at radius 1 is 1.28 bits per heavy atom. The first kappa shape index (κ1) is 13.6. The summed E-state index contributed by atoms with van der Waals surface area (Å²) in [6.45, 7) is 0. The van der Waals surface area contributed by atoms with Crippen LogP contribution in [-0.2, 0) is 6.42 Å². The van der Waals surface area contributed by atoms with Crippen molar-refractivity contribution >= 4 is 0 Å². The molecule has 3 heteroatoms. The first-order chi connectivity index (χ1) is 8.65. The number of likely N-dealkylation sites (N-methyl/N-ethyl adjacent to an activating group) is 1. The first-order valence-electron chi connectivity index (χ1n) is 7.03. The molecular formula is C15H25NO2. The molecule has 1 aliphatic rings. The Bertz CT molecular complexity index is 337. The maximum absolute atomic E-state index is 10.7. The zero-order valence-electron chi connectivity index (χ0n) is 11.6. The number of hydrogen-bond acceptors (Lipinski definition) is 3. The number of hydrogen-bond donors (Lipinski definition) is 1. The van der Waals surface area contributed by atoms with E-state index in [0.29, 0.717) is 6.42 Å². The van der Waals surface area contributed by atoms with Crippen molar-refractivity contribution in [2.45, 2.75) is 56.6 Å². The molecule has 3 nitrogen and oxygen atoms in total. The lowest BCUT2D eigenvalue weighted by atomic mass is 9.81. The van der Waals surface area contributed by atoms with Crippen molar-refractivity contribution in [2.24, 2.45) is 0 Å². The molecule has 0 spiro atoms. The first-order valence-corrected chi connectivity index (χ1v) is 7.03. The molecule has 1 saturated carbocycles. The molecule has 2 rings (SSSR count). The number of furan rings is 1. The lowest BCUT2D eigenvalue weighted by Gasteiger charge is -2.43. The van der Waals surface area contributed by atoms with E-state index >= 15 is 0 Å². The topological polar surface area (TPSA) is 36.6 Å². The highest BCUT2D eigenvalue weighted by molar-refractivity contribution is 5.05. The highest BCUT2D eigenvalue weighted by Crippen LogP contribution is 2.35. The summed E-state index contributed by atoms with van der Waals surface area (Å²) in [5, 5.41) is 10.7. The fraction of sp³-hybridized carbons (Fsp3) is 0.733. The Morgan fingerprint density at radius 3 is 2.44 bits per heavy atom. The van der Waals surface area contributed by atoms with Crippen LogP contribution in [0.25, 0.3) is 0 Å². The van der Waals surface area contributed by atoms with E-state index in [-0.39, 0.29) is 11.6 Å². The van der Waals surface area contributed by atoms with Gasteiger partial charge >= 0.3 is 0 Å². The number of aliphatic hydroxyl groups is 1. The van der Waals surface area contributed by atoms with E-state index in [0.717, 1.165) is 18.6 Å². The Morgan fingerprint density at radius 2 is 1.94 bits per heavy atom. The predicted molar refractivity (Wildman–Crippen MR) is 72.5 cm³/mol. The van der Waals surface area contributed by atoms with E-state index in [1.807, 2.05) is 12.1 Å². The fourth-order valence-corrected chi connectivity index (χ4v) is 3.23. The molecule has 1 aromatic rings. The van der Waals surface area contributed by atoms with Crippen molar-refractivity contribution in [3.63, 3.8) is 0 Å². The lowest BCUT2D eigenvalue weighted by molar-refractivity contribution is -0.0198. The van der Waals surface area contributed by atoms with E-state index in [1.165, 1.54) is 25.7 Å². The predicted octanol–water partition coefficient (Wildman–Crippen LogP) is 2.84. The van der Waals surface area contributed by atoms with Gasteiger partial charge in [0.25, 0.3) is 0 Å². The van der Waals surface area contributed by atoms with Crippen molar-refractivity contribution in [3.8, 4) is 0 Å². The summed E-state index contributed by atoms with van der Waals surface area (Å²) in [4.78, 5) is 2.23. The summed E-state index contributed by atoms with van der Waals surface area (Å²) in [7, 11) is 4.19. The molecule has 0 bridgehead atoms. The third kappa shape index (κ3) is 2.78. The standard InChI is InChI=1S/C15H25NO2/c1-16(2)15(9-5-3-4-6-10-15)14(17)12-13-8-7-11-18-13/h7-8,11,14,17H,3-6,9-10,12H2,1-2H3. The van der Waals surface area contributed by atoms with Gasteiger partial charge in [0, 0.05) is 12.0 Å². The normalized spacial score (nSPS) is 21.8. The highest BCUT2D eigenvalue weighted by Gasteiger charge is 2.40. The molecule has 1 heterocycles. The van der Waals surface area contributed by atoms with Crippen molar-refractivity contribution in [3.05, 3.63) is 24.2 Å². The lowest BCUT2D eigenvalue weighted by Crippen LogP contribution is -2.54. The molecule has 1 aromatic heterocycles. The Labute approximate surface area is 110 Å². The molecule has 18 heavy (non-hydrogen) atoms. The van der Waals surface area contributed by atoms with Crippen molar-refractivity contribution < 1.29 is 9.52 Å². The number of aliphatic hydroxyl groups excluding tert-OH is 1. The highest BCUT2D eigenvalue weighted by atomic mass is 16.3. The van der Waals surface area contributed by atoms with Gasteiger partial charge in [-0.3, -0.25) is 0 Å². The van der Waals surface area contributed by atoms with Crippen LogP contribution in [0.3, 0.4) is 0 Å². The van der Waals surface area contributed by atoms with Gasteiger partial charge in [-0.25, -0.2) is 0 Å². The van der Waals surface area contributed by atoms with Gasteiger partial charge < -0.3 is 14.4 Å². The van der Waals surface area contributed by atoms with Crippen LogP contribution in [-0.4, -0.2) is 35.7 Å². The Kier molecular flexibility index (Phi) is 4.46. The molecular weight excluding hydrogens is 226 g/mol. The molecule has 1 unspecified atom stereocenters. The van der Waals surface area contributed by atoms with Gasteiger partial charge in [-0.2, -0.15) is 0 Å². The van der Waals surface area contributed by atoms with Crippen LogP contribution >= 0.6 is 0 Å². The van der Waals surface area contributed by atoms with E-state index in [1.54, 1.807) is 6.26 Å². The van der Waals surface area contributed by atoms with Crippen molar-refractivity contribution in [1.29, 1.82) is 0 Å². The SMILES string of the molecule is CN(C)C1(C(O)Cc2ccco2)CCCCCC1. The second kappa shape index (κ2) is 5.89. The van der Waals surface area contributed by atoms with Crippen LogP contribution in [0.1, 0.15) is 44.3 Å². The third-order valence-electron chi connectivity index (χ3n) is 4.45. The van der Waals surface area contributed by atoms with Gasteiger partial charge in [-0.15, -0.1) is 0 Å². The van der Waals surface area contributed by atoms with Gasteiger partial charge in [0.05, 0.1) is 12.4 Å². The summed E-state index contributed by atoms with van der Waals surface area (Å²) in [6.07, 6.45) is 9.14. The summed E-state index contributed by atoms with van der Waals surface area (Å²) in [5.74, 6) is 0.882. The maximum atomic E-state index is 10.7. The van der Waals surface area contributed by atoms with Gasteiger partial charge in [0.2, 0.25) is 0 Å². The average molecular weight is 251 g/mol. The Balaban J connectivity index is 2.12. The summed E-state index contributed by atoms with van der Waals surface area (Å²) in [5.41, 5.74) is -0.0801. The van der Waals surface area contributed by atoms with Crippen molar-refractivity contribution in [1.82, 2.24) is 4.90 Å². The molecule has 1 N–H and O–H groups in total. The monoisotopic (exact) mass is 251 g/mol. The van der Waals surface area contributed by atoms with Gasteiger partial charge in [0.1, 0.15) is 5.76 Å². The largest absolute Gasteiger partial charge is 0.469 e. The minimum atomic E-state index is -0.350. The molecule has 102 valence electrons. The van der Waals surface area contributed by atoms with Gasteiger partial charge in [0.15, 0.2) is 0 Å². The zero-order valence-corrected chi connectivity index (χ0v) is 11.6. The molecule has 1 fully saturated rings. The van der Waals surface area contributed by atoms with Crippen LogP contribution in [0.4, 0.5) is 0 Å². The van der Waals surface area contributed by atoms with E-state index in [9.17, 15) is 5.11 Å². The fourth-order valence-electron chi connectivity index (χ4n) is 3.23. The van der Waals surface area contributed by atoms with Crippen LogP contribution in [0.5, 0.6) is 0 Å². The molecule has 0 saturated heterocycles. The maximum Gasteiger partial charge on any atom is 0.106 e. The molecule has 0 aromatic carbocycles. The van der Waals surface area contributed by atoms with E-state index < -0.39 is 0 Å². The summed E-state index contributed by atoms with van der Waals surface area (Å²) < 4.78 is 5.37. The van der Waals surface area contributed by atoms with Crippen LogP contribution in [0.15, 0.2) is 22.8 Å². The van der Waals surface area contributed by atoms with Crippen LogP contribution < -0.4 is 0 Å². The van der Waals surface area contributed by atoms with Crippen molar-refractivity contribution in [2.75, 3.05) is 14.1 Å². The van der Waals surface area contributed by atoms with Crippen LogP contribution in [0, 0.1) is 0 Å². The minimum Gasteiger partial charge on any atom is -0.469 e. The molecule has 1 atom stereocenters.